The minimum Gasteiger partial charge on any atom is -0.423 e. The molecule has 4 aromatic carbocycles. The zero-order chi connectivity index (χ0) is 29.9. The van der Waals surface area contributed by atoms with Crippen LogP contribution in [-0.4, -0.2) is 29.9 Å². The van der Waals surface area contributed by atoms with Gasteiger partial charge in [0.25, 0.3) is 5.91 Å². The molecule has 0 aromatic heterocycles. The van der Waals surface area contributed by atoms with Crippen LogP contribution in [0.25, 0.3) is 6.08 Å². The Kier molecular flexibility index (Phi) is 10.1. The van der Waals surface area contributed by atoms with Gasteiger partial charge in [-0.15, -0.1) is 0 Å². The average Bonchev–Trinajstić information content (AvgIpc) is 2.98. The smallest absolute Gasteiger partial charge is 0.336 e. The molecular weight excluding hydrogens is 600 g/mol. The van der Waals surface area contributed by atoms with Crippen LogP contribution >= 0.6 is 15.9 Å². The molecule has 210 valence electrons. The number of nitrogens with zero attached hydrogens (tertiary/aromatic N) is 1. The highest BCUT2D eigenvalue weighted by molar-refractivity contribution is 9.10. The van der Waals surface area contributed by atoms with Crippen LogP contribution in [0.5, 0.6) is 5.75 Å². The fourth-order valence-corrected chi connectivity index (χ4v) is 4.06. The summed E-state index contributed by atoms with van der Waals surface area (Å²) in [5.74, 6) is -2.97. The van der Waals surface area contributed by atoms with Gasteiger partial charge in [-0.25, -0.2) is 10.2 Å². The van der Waals surface area contributed by atoms with Crippen molar-refractivity contribution >= 4 is 63.3 Å². The molecule has 0 bridgehead atoms. The van der Waals surface area contributed by atoms with Crippen LogP contribution in [0.3, 0.4) is 0 Å². The third-order valence-electron chi connectivity index (χ3n) is 5.67. The van der Waals surface area contributed by atoms with E-state index in [1.54, 1.807) is 42.5 Å². The van der Waals surface area contributed by atoms with E-state index in [0.717, 1.165) is 11.1 Å². The first-order chi connectivity index (χ1) is 20.3. The van der Waals surface area contributed by atoms with E-state index < -0.39 is 23.7 Å². The maximum Gasteiger partial charge on any atom is 0.336 e. The normalized spacial score (nSPS) is 10.8. The summed E-state index contributed by atoms with van der Waals surface area (Å²) in [6, 6.07) is 27.7. The summed E-state index contributed by atoms with van der Waals surface area (Å²) < 4.78 is 6.10. The van der Waals surface area contributed by atoms with Crippen LogP contribution < -0.4 is 20.8 Å². The lowest BCUT2D eigenvalue weighted by molar-refractivity contribution is -0.136. The Morgan fingerprint density at radius 2 is 1.57 bits per heavy atom. The summed E-state index contributed by atoms with van der Waals surface area (Å²) in [7, 11) is 0. The molecule has 42 heavy (non-hydrogen) atoms. The fraction of sp³-hybridized carbons (Fsp3) is 0.0312. The van der Waals surface area contributed by atoms with E-state index in [0.29, 0.717) is 15.7 Å². The van der Waals surface area contributed by atoms with Crippen molar-refractivity contribution in [1.82, 2.24) is 5.43 Å². The van der Waals surface area contributed by atoms with Gasteiger partial charge in [0.2, 0.25) is 0 Å². The molecule has 0 saturated heterocycles. The zero-order valence-electron chi connectivity index (χ0n) is 22.3. The number of rotatable bonds is 8. The van der Waals surface area contributed by atoms with Crippen molar-refractivity contribution < 1.29 is 23.9 Å². The van der Waals surface area contributed by atoms with Crippen LogP contribution in [0.1, 0.15) is 27.0 Å². The molecule has 0 aliphatic heterocycles. The number of anilines is 2. The van der Waals surface area contributed by atoms with Gasteiger partial charge in [-0.2, -0.15) is 5.10 Å². The van der Waals surface area contributed by atoms with E-state index >= 15 is 0 Å². The topological polar surface area (TPSA) is 126 Å². The maximum atomic E-state index is 12.8. The largest absolute Gasteiger partial charge is 0.423 e. The molecule has 0 spiro atoms. The lowest BCUT2D eigenvalue weighted by atomic mass is 10.1. The van der Waals surface area contributed by atoms with E-state index in [2.05, 4.69) is 37.1 Å². The molecule has 0 aliphatic rings. The number of hydrogen-bond acceptors (Lipinski definition) is 6. The van der Waals surface area contributed by atoms with Gasteiger partial charge in [0.1, 0.15) is 5.75 Å². The summed E-state index contributed by atoms with van der Waals surface area (Å²) in [6.07, 6.45) is 4.16. The Balaban J connectivity index is 1.38. The molecule has 3 N–H and O–H groups in total. The van der Waals surface area contributed by atoms with E-state index in [1.807, 2.05) is 55.5 Å². The third-order valence-corrected chi connectivity index (χ3v) is 6.16. The standard InChI is InChI=1S/C32H25BrN4O5/c1-21-8-7-11-25(18-21)35-30(39)26-12-5-6-13-27(26)36-31(40)32(41)37-34-20-23-19-24(33)15-16-28(23)42-29(38)17-14-22-9-3-2-4-10-22/h2-20H,1H3,(H,35,39)(H,36,40)(H,37,41)/b17-14+,34-20+. The summed E-state index contributed by atoms with van der Waals surface area (Å²) in [6.45, 7) is 1.90. The van der Waals surface area contributed by atoms with E-state index in [1.165, 1.54) is 24.4 Å². The summed E-state index contributed by atoms with van der Waals surface area (Å²) in [5.41, 5.74) is 5.23. The van der Waals surface area contributed by atoms with Gasteiger partial charge in [0, 0.05) is 21.8 Å². The number of esters is 1. The Morgan fingerprint density at radius 3 is 2.36 bits per heavy atom. The van der Waals surface area contributed by atoms with Gasteiger partial charge >= 0.3 is 17.8 Å². The van der Waals surface area contributed by atoms with Gasteiger partial charge in [-0.05, 0) is 66.6 Å². The average molecular weight is 625 g/mol. The summed E-state index contributed by atoms with van der Waals surface area (Å²) in [4.78, 5) is 50.2. The van der Waals surface area contributed by atoms with Crippen LogP contribution in [-0.2, 0) is 14.4 Å². The van der Waals surface area contributed by atoms with Crippen LogP contribution in [0.15, 0.2) is 113 Å². The lowest BCUT2D eigenvalue weighted by Gasteiger charge is -2.11. The highest BCUT2D eigenvalue weighted by atomic mass is 79.9. The van der Waals surface area contributed by atoms with Crippen molar-refractivity contribution in [3.05, 3.63) is 130 Å². The Hall–Kier alpha value is -5.35. The van der Waals surface area contributed by atoms with Gasteiger partial charge in [0.05, 0.1) is 17.5 Å². The fourth-order valence-electron chi connectivity index (χ4n) is 3.69. The molecular formula is C32H25BrN4O5. The van der Waals surface area contributed by atoms with Crippen molar-refractivity contribution in [3.63, 3.8) is 0 Å². The number of aryl methyl sites for hydroxylation is 1. The van der Waals surface area contributed by atoms with Crippen LogP contribution in [0.4, 0.5) is 11.4 Å². The van der Waals surface area contributed by atoms with E-state index in [4.69, 9.17) is 4.74 Å². The van der Waals surface area contributed by atoms with E-state index in [9.17, 15) is 19.2 Å². The number of carbonyl (C=O) groups is 4. The SMILES string of the molecule is Cc1cccc(NC(=O)c2ccccc2NC(=O)C(=O)N/N=C/c2cc(Br)ccc2OC(=O)/C=C/c2ccccc2)c1. The number of nitrogens with one attached hydrogen (secondary N) is 3. The molecule has 0 unspecified atom stereocenters. The predicted octanol–water partition coefficient (Wildman–Crippen LogP) is 5.72. The molecule has 0 aliphatic carbocycles. The molecule has 10 heteroatoms. The van der Waals surface area contributed by atoms with Crippen molar-refractivity contribution in [3.8, 4) is 5.75 Å². The molecule has 4 aromatic rings. The third kappa shape index (κ3) is 8.57. The van der Waals surface area contributed by atoms with E-state index in [-0.39, 0.29) is 17.0 Å². The Labute approximate surface area is 250 Å². The molecule has 3 amide bonds. The number of ether oxygens (including phenoxy) is 1. The highest BCUT2D eigenvalue weighted by Crippen LogP contribution is 2.22. The Bertz CT molecular complexity index is 1690. The summed E-state index contributed by atoms with van der Waals surface area (Å²) in [5, 5.41) is 9.05. The zero-order valence-corrected chi connectivity index (χ0v) is 23.9. The van der Waals surface area contributed by atoms with Crippen molar-refractivity contribution in [2.24, 2.45) is 5.10 Å². The molecule has 4 rings (SSSR count). The van der Waals surface area contributed by atoms with Gasteiger partial charge in [-0.3, -0.25) is 14.4 Å². The minimum atomic E-state index is -1.07. The number of hydrogen-bond donors (Lipinski definition) is 3. The molecule has 9 nitrogen and oxygen atoms in total. The quantitative estimate of drug-likeness (QED) is 0.0577. The monoisotopic (exact) mass is 624 g/mol. The number of carbonyl (C=O) groups excluding carboxylic acids is 4. The number of halogens is 1. The van der Waals surface area contributed by atoms with Crippen molar-refractivity contribution in [1.29, 1.82) is 0 Å². The molecule has 0 radical (unpaired) electrons. The predicted molar refractivity (Wildman–Crippen MR) is 165 cm³/mol. The van der Waals surface area contributed by atoms with Gasteiger partial charge < -0.3 is 15.4 Å². The van der Waals surface area contributed by atoms with Gasteiger partial charge in [-0.1, -0.05) is 70.5 Å². The number of benzene rings is 4. The molecule has 0 saturated carbocycles. The molecule has 0 fully saturated rings. The minimum absolute atomic E-state index is 0.150. The van der Waals surface area contributed by atoms with Crippen molar-refractivity contribution in [2.45, 2.75) is 6.92 Å². The molecule has 0 heterocycles. The van der Waals surface area contributed by atoms with Crippen LogP contribution in [0.2, 0.25) is 0 Å². The van der Waals surface area contributed by atoms with Crippen LogP contribution in [0, 0.1) is 6.92 Å². The number of para-hydroxylation sites is 1. The lowest BCUT2D eigenvalue weighted by Crippen LogP contribution is -2.33. The second-order valence-electron chi connectivity index (χ2n) is 8.87. The van der Waals surface area contributed by atoms with Gasteiger partial charge in [0.15, 0.2) is 0 Å². The second kappa shape index (κ2) is 14.3. The first-order valence-corrected chi connectivity index (χ1v) is 13.4. The van der Waals surface area contributed by atoms with Crippen molar-refractivity contribution in [2.75, 3.05) is 10.6 Å². The maximum absolute atomic E-state index is 12.8. The number of amides is 3. The first kappa shape index (κ1) is 29.6. The highest BCUT2D eigenvalue weighted by Gasteiger charge is 2.18. The first-order valence-electron chi connectivity index (χ1n) is 12.6. The molecule has 0 atom stereocenters. The number of hydrazone groups is 1. The second-order valence-corrected chi connectivity index (χ2v) is 9.79. The Morgan fingerprint density at radius 1 is 0.810 bits per heavy atom. The summed E-state index contributed by atoms with van der Waals surface area (Å²) >= 11 is 3.35.